The van der Waals surface area contributed by atoms with E-state index in [0.29, 0.717) is 11.3 Å². The average molecular weight is 192 g/mol. The molecule has 0 bridgehead atoms. The summed E-state index contributed by atoms with van der Waals surface area (Å²) in [6, 6.07) is 4.64. The lowest BCUT2D eigenvalue weighted by Gasteiger charge is -2.05. The molecule has 4 heteroatoms. The lowest BCUT2D eigenvalue weighted by Crippen LogP contribution is -2.02. The highest BCUT2D eigenvalue weighted by Crippen LogP contribution is 2.19. The third kappa shape index (κ3) is 2.09. The Hall–Kier alpha value is -0.800. The van der Waals surface area contributed by atoms with Crippen LogP contribution in [0.2, 0.25) is 0 Å². The molecule has 0 spiro atoms. The Balaban J connectivity index is 0.00000121. The maximum absolute atomic E-state index is 12.9. The van der Waals surface area contributed by atoms with Gasteiger partial charge in [0.25, 0.3) is 0 Å². The summed E-state index contributed by atoms with van der Waals surface area (Å²) < 4.78 is 17.8. The van der Waals surface area contributed by atoms with Gasteiger partial charge in [0.05, 0.1) is 7.11 Å². The van der Waals surface area contributed by atoms with Crippen molar-refractivity contribution in [1.29, 1.82) is 0 Å². The van der Waals surface area contributed by atoms with E-state index >= 15 is 0 Å². The number of nitrogens with two attached hydrogens (primary N) is 1. The standard InChI is InChI=1S/C8H10FNO.ClH/c1-11-8-4-2-3-7(9)6(8)5-10;/h2-4H,5,10H2,1H3;1H. The molecule has 2 N–H and O–H groups in total. The van der Waals surface area contributed by atoms with Gasteiger partial charge in [-0.2, -0.15) is 0 Å². The van der Waals surface area contributed by atoms with Gasteiger partial charge >= 0.3 is 0 Å². The fourth-order valence-electron chi connectivity index (χ4n) is 0.928. The second kappa shape index (κ2) is 4.95. The van der Waals surface area contributed by atoms with E-state index in [1.165, 1.54) is 13.2 Å². The Morgan fingerprint density at radius 1 is 1.50 bits per heavy atom. The topological polar surface area (TPSA) is 35.2 Å². The molecule has 1 rings (SSSR count). The minimum Gasteiger partial charge on any atom is -0.496 e. The van der Waals surface area contributed by atoms with Crippen molar-refractivity contribution < 1.29 is 9.13 Å². The zero-order valence-electron chi connectivity index (χ0n) is 6.71. The number of ether oxygens (including phenoxy) is 1. The van der Waals surface area contributed by atoms with Crippen molar-refractivity contribution in [3.8, 4) is 5.75 Å². The quantitative estimate of drug-likeness (QED) is 0.773. The molecule has 0 radical (unpaired) electrons. The number of hydrogen-bond donors (Lipinski definition) is 1. The zero-order valence-corrected chi connectivity index (χ0v) is 7.53. The van der Waals surface area contributed by atoms with Gasteiger partial charge in [0.15, 0.2) is 0 Å². The molecule has 0 unspecified atom stereocenters. The third-order valence-electron chi connectivity index (χ3n) is 1.50. The summed E-state index contributed by atoms with van der Waals surface area (Å²) >= 11 is 0. The molecule has 0 fully saturated rings. The van der Waals surface area contributed by atoms with Crippen molar-refractivity contribution in [2.75, 3.05) is 7.11 Å². The summed E-state index contributed by atoms with van der Waals surface area (Å²) in [5.74, 6) is 0.194. The van der Waals surface area contributed by atoms with E-state index in [9.17, 15) is 4.39 Å². The molecule has 0 aliphatic heterocycles. The summed E-state index contributed by atoms with van der Waals surface area (Å²) in [5, 5.41) is 0. The number of rotatable bonds is 2. The lowest BCUT2D eigenvalue weighted by molar-refractivity contribution is 0.404. The molecule has 0 saturated heterocycles. The van der Waals surface area contributed by atoms with Crippen molar-refractivity contribution in [3.05, 3.63) is 29.6 Å². The molecule has 0 aliphatic rings. The van der Waals surface area contributed by atoms with E-state index in [1.54, 1.807) is 12.1 Å². The number of methoxy groups -OCH3 is 1. The number of halogens is 2. The summed E-state index contributed by atoms with van der Waals surface area (Å²) in [6.45, 7) is 0.163. The first-order valence-electron chi connectivity index (χ1n) is 3.31. The molecule has 12 heavy (non-hydrogen) atoms. The molecule has 0 amide bonds. The summed E-state index contributed by atoms with van der Waals surface area (Å²) in [6.07, 6.45) is 0. The number of hydrogen-bond acceptors (Lipinski definition) is 2. The van der Waals surface area contributed by atoms with Gasteiger partial charge in [0.2, 0.25) is 0 Å². The van der Waals surface area contributed by atoms with E-state index in [2.05, 4.69) is 0 Å². The highest BCUT2D eigenvalue weighted by atomic mass is 35.5. The summed E-state index contributed by atoms with van der Waals surface area (Å²) in [5.41, 5.74) is 5.73. The molecule has 0 saturated carbocycles. The second-order valence-electron chi connectivity index (χ2n) is 2.12. The van der Waals surface area contributed by atoms with Crippen molar-refractivity contribution >= 4 is 12.4 Å². The van der Waals surface area contributed by atoms with Gasteiger partial charge < -0.3 is 10.5 Å². The Bertz CT molecular complexity index is 255. The van der Waals surface area contributed by atoms with Crippen LogP contribution >= 0.6 is 12.4 Å². The Labute approximate surface area is 76.9 Å². The van der Waals surface area contributed by atoms with Gasteiger partial charge in [-0.3, -0.25) is 0 Å². The molecule has 1 aromatic rings. The van der Waals surface area contributed by atoms with Crippen molar-refractivity contribution in [3.63, 3.8) is 0 Å². The molecule has 0 atom stereocenters. The molecule has 0 aromatic heterocycles. The minimum absolute atomic E-state index is 0. The van der Waals surface area contributed by atoms with Crippen LogP contribution in [0.3, 0.4) is 0 Å². The van der Waals surface area contributed by atoms with Gasteiger partial charge in [-0.15, -0.1) is 12.4 Å². The van der Waals surface area contributed by atoms with Crippen molar-refractivity contribution in [2.24, 2.45) is 5.73 Å². The molecular formula is C8H11ClFNO. The van der Waals surface area contributed by atoms with Crippen molar-refractivity contribution in [2.45, 2.75) is 6.54 Å². The average Bonchev–Trinajstić information content (AvgIpc) is 2.04. The number of benzene rings is 1. The second-order valence-corrected chi connectivity index (χ2v) is 2.12. The maximum Gasteiger partial charge on any atom is 0.131 e. The van der Waals surface area contributed by atoms with E-state index in [-0.39, 0.29) is 24.8 Å². The fraction of sp³-hybridized carbons (Fsp3) is 0.250. The van der Waals surface area contributed by atoms with E-state index in [1.807, 2.05) is 0 Å². The van der Waals surface area contributed by atoms with Crippen LogP contribution in [0.4, 0.5) is 4.39 Å². The SMILES string of the molecule is COc1cccc(F)c1CN.Cl. The smallest absolute Gasteiger partial charge is 0.131 e. The van der Waals surface area contributed by atoms with Crippen LogP contribution in [-0.2, 0) is 6.54 Å². The largest absolute Gasteiger partial charge is 0.496 e. The molecule has 0 aliphatic carbocycles. The van der Waals surface area contributed by atoms with Crippen molar-refractivity contribution in [1.82, 2.24) is 0 Å². The van der Waals surface area contributed by atoms with Gasteiger partial charge in [0, 0.05) is 12.1 Å². The van der Waals surface area contributed by atoms with E-state index < -0.39 is 0 Å². The van der Waals surface area contributed by atoms with E-state index in [0.717, 1.165) is 0 Å². The maximum atomic E-state index is 12.9. The van der Waals surface area contributed by atoms with Gasteiger partial charge in [-0.05, 0) is 12.1 Å². The van der Waals surface area contributed by atoms with Gasteiger partial charge in [-0.1, -0.05) is 6.07 Å². The van der Waals surface area contributed by atoms with Crippen LogP contribution in [-0.4, -0.2) is 7.11 Å². The Morgan fingerprint density at radius 2 is 2.17 bits per heavy atom. The predicted octanol–water partition coefficient (Wildman–Crippen LogP) is 1.71. The molecule has 68 valence electrons. The normalized spacial score (nSPS) is 8.92. The molecular weight excluding hydrogens is 181 g/mol. The third-order valence-corrected chi connectivity index (χ3v) is 1.50. The van der Waals surface area contributed by atoms with Gasteiger partial charge in [0.1, 0.15) is 11.6 Å². The van der Waals surface area contributed by atoms with Crippen LogP contribution < -0.4 is 10.5 Å². The monoisotopic (exact) mass is 191 g/mol. The van der Waals surface area contributed by atoms with Crippen LogP contribution in [0.5, 0.6) is 5.75 Å². The van der Waals surface area contributed by atoms with Gasteiger partial charge in [-0.25, -0.2) is 4.39 Å². The highest BCUT2D eigenvalue weighted by Gasteiger charge is 2.05. The summed E-state index contributed by atoms with van der Waals surface area (Å²) in [7, 11) is 1.49. The Kier molecular flexibility index (Phi) is 4.62. The first-order chi connectivity index (χ1) is 5.29. The molecule has 0 heterocycles. The Morgan fingerprint density at radius 3 is 2.58 bits per heavy atom. The van der Waals surface area contributed by atoms with Crippen LogP contribution in [0, 0.1) is 5.82 Å². The highest BCUT2D eigenvalue weighted by molar-refractivity contribution is 5.85. The van der Waals surface area contributed by atoms with Crippen LogP contribution in [0.25, 0.3) is 0 Å². The lowest BCUT2D eigenvalue weighted by atomic mass is 10.2. The minimum atomic E-state index is -0.313. The van der Waals surface area contributed by atoms with Crippen LogP contribution in [0.1, 0.15) is 5.56 Å². The van der Waals surface area contributed by atoms with Crippen LogP contribution in [0.15, 0.2) is 18.2 Å². The predicted molar refractivity (Wildman–Crippen MR) is 48.1 cm³/mol. The summed E-state index contributed by atoms with van der Waals surface area (Å²) in [4.78, 5) is 0. The first-order valence-corrected chi connectivity index (χ1v) is 3.31. The molecule has 2 nitrogen and oxygen atoms in total. The molecule has 1 aromatic carbocycles. The van der Waals surface area contributed by atoms with E-state index in [4.69, 9.17) is 10.5 Å². The zero-order chi connectivity index (χ0) is 8.27. The fourth-order valence-corrected chi connectivity index (χ4v) is 0.928. The first kappa shape index (κ1) is 11.2.